The van der Waals surface area contributed by atoms with Crippen LogP contribution in [0, 0.1) is 13.8 Å². The zero-order valence-corrected chi connectivity index (χ0v) is 15.3. The maximum atomic E-state index is 13.2. The van der Waals surface area contributed by atoms with Crippen molar-refractivity contribution in [1.82, 2.24) is 14.5 Å². The summed E-state index contributed by atoms with van der Waals surface area (Å²) < 4.78 is 7.96. The number of rotatable bonds is 4. The second-order valence-electron chi connectivity index (χ2n) is 6.00. The molecule has 0 aliphatic carbocycles. The molecule has 0 spiro atoms. The van der Waals surface area contributed by atoms with E-state index >= 15 is 0 Å². The Balaban J connectivity index is 2.02. The van der Waals surface area contributed by atoms with Crippen molar-refractivity contribution in [2.45, 2.75) is 13.8 Å². The molecular weight excluding hydrogens is 346 g/mol. The molecule has 0 N–H and O–H groups in total. The number of nitrogens with zero attached hydrogens (tertiary/aromatic N) is 3. The van der Waals surface area contributed by atoms with Crippen molar-refractivity contribution in [2.24, 2.45) is 0 Å². The molecule has 5 nitrogen and oxygen atoms in total. The highest BCUT2D eigenvalue weighted by Gasteiger charge is 2.18. The summed E-state index contributed by atoms with van der Waals surface area (Å²) in [5.74, 6) is 1.30. The first kappa shape index (κ1) is 16.5. The van der Waals surface area contributed by atoms with E-state index in [9.17, 15) is 4.79 Å². The molecule has 130 valence electrons. The molecule has 0 saturated heterocycles. The molecule has 1 aromatic carbocycles. The SMILES string of the molecule is C=CCOc1ccnc2sc3c(=O)n(-c4ccc(C)cc4)c(C)nc3c12. The molecule has 0 aliphatic rings. The Hall–Kier alpha value is -2.99. The molecule has 0 bridgehead atoms. The third-order valence-corrected chi connectivity index (χ3v) is 5.25. The van der Waals surface area contributed by atoms with Crippen LogP contribution in [0.15, 0.2) is 54.0 Å². The summed E-state index contributed by atoms with van der Waals surface area (Å²) in [5.41, 5.74) is 2.50. The van der Waals surface area contributed by atoms with Crippen LogP contribution in [0.2, 0.25) is 0 Å². The number of aryl methyl sites for hydroxylation is 2. The first-order valence-electron chi connectivity index (χ1n) is 8.21. The van der Waals surface area contributed by atoms with Gasteiger partial charge in [0.15, 0.2) is 0 Å². The number of fused-ring (bicyclic) bond motifs is 3. The van der Waals surface area contributed by atoms with E-state index in [1.165, 1.54) is 11.3 Å². The number of benzene rings is 1. The van der Waals surface area contributed by atoms with Crippen molar-refractivity contribution in [3.63, 3.8) is 0 Å². The van der Waals surface area contributed by atoms with Crippen LogP contribution in [0.25, 0.3) is 26.1 Å². The summed E-state index contributed by atoms with van der Waals surface area (Å²) >= 11 is 1.34. The molecular formula is C20H17N3O2S. The van der Waals surface area contributed by atoms with Crippen LogP contribution in [-0.4, -0.2) is 21.1 Å². The van der Waals surface area contributed by atoms with E-state index in [-0.39, 0.29) is 5.56 Å². The molecule has 0 saturated carbocycles. The van der Waals surface area contributed by atoms with E-state index in [4.69, 9.17) is 9.72 Å². The van der Waals surface area contributed by atoms with Crippen molar-refractivity contribution in [3.05, 3.63) is 70.9 Å². The fourth-order valence-electron chi connectivity index (χ4n) is 2.96. The predicted octanol–water partition coefficient (Wildman–Crippen LogP) is 4.18. The largest absolute Gasteiger partial charge is 0.489 e. The van der Waals surface area contributed by atoms with Gasteiger partial charge in [0, 0.05) is 6.20 Å². The summed E-state index contributed by atoms with van der Waals surface area (Å²) in [4.78, 5) is 23.0. The highest BCUT2D eigenvalue weighted by molar-refractivity contribution is 7.25. The second kappa shape index (κ2) is 6.38. The van der Waals surface area contributed by atoms with Gasteiger partial charge in [-0.25, -0.2) is 9.97 Å². The standard InChI is InChI=1S/C20H17N3O2S/c1-4-11-25-15-9-10-21-19-16(15)17-18(26-19)20(24)23(13(3)22-17)14-7-5-12(2)6-8-14/h4-10H,1,11H2,2-3H3. The maximum absolute atomic E-state index is 13.2. The molecule has 4 rings (SSSR count). The number of pyridine rings is 1. The van der Waals surface area contributed by atoms with Gasteiger partial charge < -0.3 is 4.74 Å². The molecule has 4 aromatic rings. The van der Waals surface area contributed by atoms with Gasteiger partial charge in [-0.3, -0.25) is 9.36 Å². The summed E-state index contributed by atoms with van der Waals surface area (Å²) in [6.07, 6.45) is 3.37. The van der Waals surface area contributed by atoms with Gasteiger partial charge >= 0.3 is 0 Å². The number of thiophene rings is 1. The number of hydrogen-bond acceptors (Lipinski definition) is 5. The molecule has 3 aromatic heterocycles. The lowest BCUT2D eigenvalue weighted by molar-refractivity contribution is 0.367. The van der Waals surface area contributed by atoms with Gasteiger partial charge in [-0.2, -0.15) is 0 Å². The minimum absolute atomic E-state index is 0.0889. The van der Waals surface area contributed by atoms with E-state index in [0.29, 0.717) is 28.4 Å². The van der Waals surface area contributed by atoms with Crippen molar-refractivity contribution >= 4 is 31.8 Å². The first-order chi connectivity index (χ1) is 12.6. The van der Waals surface area contributed by atoms with Crippen LogP contribution in [0.1, 0.15) is 11.4 Å². The van der Waals surface area contributed by atoms with Gasteiger partial charge in [0.2, 0.25) is 0 Å². The van der Waals surface area contributed by atoms with E-state index in [0.717, 1.165) is 21.5 Å². The molecule has 26 heavy (non-hydrogen) atoms. The van der Waals surface area contributed by atoms with Crippen molar-refractivity contribution in [3.8, 4) is 11.4 Å². The van der Waals surface area contributed by atoms with E-state index < -0.39 is 0 Å². The molecule has 0 fully saturated rings. The highest BCUT2D eigenvalue weighted by Crippen LogP contribution is 2.35. The lowest BCUT2D eigenvalue weighted by atomic mass is 10.2. The Kier molecular flexibility index (Phi) is 4.05. The Morgan fingerprint density at radius 3 is 2.73 bits per heavy atom. The van der Waals surface area contributed by atoms with Gasteiger partial charge in [-0.1, -0.05) is 30.4 Å². The molecule has 0 amide bonds. The fraction of sp³-hybridized carbons (Fsp3) is 0.150. The van der Waals surface area contributed by atoms with Gasteiger partial charge in [0.1, 0.15) is 33.2 Å². The van der Waals surface area contributed by atoms with Gasteiger partial charge in [-0.05, 0) is 32.0 Å². The van der Waals surface area contributed by atoms with Crippen molar-refractivity contribution < 1.29 is 4.74 Å². The van der Waals surface area contributed by atoms with Crippen LogP contribution < -0.4 is 10.3 Å². The molecule has 0 unspecified atom stereocenters. The number of hydrogen-bond donors (Lipinski definition) is 0. The summed E-state index contributed by atoms with van der Waals surface area (Å²) in [6.45, 7) is 7.92. The quantitative estimate of drug-likeness (QED) is 0.511. The summed E-state index contributed by atoms with van der Waals surface area (Å²) in [5, 5.41) is 0.783. The van der Waals surface area contributed by atoms with Crippen molar-refractivity contribution in [1.29, 1.82) is 0 Å². The second-order valence-corrected chi connectivity index (χ2v) is 7.00. The smallest absolute Gasteiger partial charge is 0.276 e. The van der Waals surface area contributed by atoms with E-state index in [1.54, 1.807) is 22.9 Å². The van der Waals surface area contributed by atoms with Crippen LogP contribution >= 0.6 is 11.3 Å². The summed E-state index contributed by atoms with van der Waals surface area (Å²) in [7, 11) is 0. The van der Waals surface area contributed by atoms with Crippen molar-refractivity contribution in [2.75, 3.05) is 6.61 Å². The first-order valence-corrected chi connectivity index (χ1v) is 9.03. The van der Waals surface area contributed by atoms with Gasteiger partial charge in [-0.15, -0.1) is 11.3 Å². The van der Waals surface area contributed by atoms with Crippen LogP contribution in [0.5, 0.6) is 5.75 Å². The maximum Gasteiger partial charge on any atom is 0.276 e. The lowest BCUT2D eigenvalue weighted by Crippen LogP contribution is -2.21. The Labute approximate surface area is 154 Å². The van der Waals surface area contributed by atoms with Crippen LogP contribution in [0.4, 0.5) is 0 Å². The molecule has 0 radical (unpaired) electrons. The Morgan fingerprint density at radius 2 is 2.00 bits per heavy atom. The molecule has 0 aliphatic heterocycles. The summed E-state index contributed by atoms with van der Waals surface area (Å²) in [6, 6.07) is 9.63. The number of aromatic nitrogens is 3. The Bertz CT molecular complexity index is 1190. The van der Waals surface area contributed by atoms with E-state index in [2.05, 4.69) is 11.6 Å². The third kappa shape index (κ3) is 2.59. The average Bonchev–Trinajstić information content (AvgIpc) is 3.01. The minimum Gasteiger partial charge on any atom is -0.489 e. The average molecular weight is 363 g/mol. The third-order valence-electron chi connectivity index (χ3n) is 4.17. The van der Waals surface area contributed by atoms with E-state index in [1.807, 2.05) is 38.1 Å². The topological polar surface area (TPSA) is 57.0 Å². The zero-order valence-electron chi connectivity index (χ0n) is 14.5. The monoisotopic (exact) mass is 363 g/mol. The molecule has 0 atom stereocenters. The molecule has 3 heterocycles. The van der Waals surface area contributed by atoms with Crippen LogP contribution in [-0.2, 0) is 0 Å². The predicted molar refractivity (Wildman–Crippen MR) is 106 cm³/mol. The molecule has 6 heteroatoms. The van der Waals surface area contributed by atoms with Gasteiger partial charge in [0.25, 0.3) is 5.56 Å². The zero-order chi connectivity index (χ0) is 18.3. The van der Waals surface area contributed by atoms with Crippen LogP contribution in [0.3, 0.4) is 0 Å². The van der Waals surface area contributed by atoms with Gasteiger partial charge in [0.05, 0.1) is 11.1 Å². The normalized spacial score (nSPS) is 11.2. The minimum atomic E-state index is -0.0889. The Morgan fingerprint density at radius 1 is 1.23 bits per heavy atom. The number of ether oxygens (including phenoxy) is 1. The lowest BCUT2D eigenvalue weighted by Gasteiger charge is -2.10. The highest BCUT2D eigenvalue weighted by atomic mass is 32.1. The fourth-order valence-corrected chi connectivity index (χ4v) is 3.99.